The van der Waals surface area contributed by atoms with Gasteiger partial charge in [-0.2, -0.15) is 0 Å². The van der Waals surface area contributed by atoms with Gasteiger partial charge in [-0.3, -0.25) is 0 Å². The van der Waals surface area contributed by atoms with Crippen LogP contribution in [0.1, 0.15) is 57.0 Å². The number of hydrogen-bond acceptors (Lipinski definition) is 4. The normalized spacial score (nSPS) is 27.7. The SMILES string of the molecule is CCO[C@H]1C[C@@H](NCc2ccc(CO)o2)C12CCCCC2. The zero-order valence-corrected chi connectivity index (χ0v) is 12.9. The summed E-state index contributed by atoms with van der Waals surface area (Å²) in [5, 5.41) is 12.7. The lowest BCUT2D eigenvalue weighted by Crippen LogP contribution is -2.64. The summed E-state index contributed by atoms with van der Waals surface area (Å²) in [5.74, 6) is 1.55. The summed E-state index contributed by atoms with van der Waals surface area (Å²) < 4.78 is 11.5. The highest BCUT2D eigenvalue weighted by molar-refractivity contribution is 5.11. The highest BCUT2D eigenvalue weighted by Crippen LogP contribution is 2.53. The Morgan fingerprint density at radius 3 is 2.71 bits per heavy atom. The van der Waals surface area contributed by atoms with Crippen molar-refractivity contribution in [3.63, 3.8) is 0 Å². The summed E-state index contributed by atoms with van der Waals surface area (Å²) in [4.78, 5) is 0. The van der Waals surface area contributed by atoms with Gasteiger partial charge in [0.15, 0.2) is 0 Å². The van der Waals surface area contributed by atoms with Crippen LogP contribution in [0.4, 0.5) is 0 Å². The van der Waals surface area contributed by atoms with Gasteiger partial charge >= 0.3 is 0 Å². The molecule has 3 rings (SSSR count). The molecule has 0 aromatic carbocycles. The smallest absolute Gasteiger partial charge is 0.129 e. The summed E-state index contributed by atoms with van der Waals surface area (Å²) in [5.41, 5.74) is 0.348. The van der Waals surface area contributed by atoms with Crippen LogP contribution in [0, 0.1) is 5.41 Å². The van der Waals surface area contributed by atoms with E-state index in [0.29, 0.717) is 23.3 Å². The van der Waals surface area contributed by atoms with Crippen LogP contribution in [-0.2, 0) is 17.9 Å². The van der Waals surface area contributed by atoms with Crippen molar-refractivity contribution in [2.24, 2.45) is 5.41 Å². The first-order valence-electron chi connectivity index (χ1n) is 8.32. The minimum absolute atomic E-state index is 0.0280. The molecule has 2 N–H and O–H groups in total. The van der Waals surface area contributed by atoms with Crippen molar-refractivity contribution in [2.45, 2.75) is 70.7 Å². The van der Waals surface area contributed by atoms with Crippen LogP contribution in [0.2, 0.25) is 0 Å². The third-order valence-electron chi connectivity index (χ3n) is 5.33. The molecule has 0 saturated heterocycles. The van der Waals surface area contributed by atoms with E-state index >= 15 is 0 Å². The minimum atomic E-state index is -0.0280. The largest absolute Gasteiger partial charge is 0.462 e. The van der Waals surface area contributed by atoms with Gasteiger partial charge in [-0.25, -0.2) is 0 Å². The molecule has 2 fully saturated rings. The lowest BCUT2D eigenvalue weighted by atomic mass is 9.55. The fourth-order valence-corrected chi connectivity index (χ4v) is 4.18. The van der Waals surface area contributed by atoms with Gasteiger partial charge in [0.05, 0.1) is 12.6 Å². The van der Waals surface area contributed by atoms with Crippen molar-refractivity contribution in [2.75, 3.05) is 6.61 Å². The van der Waals surface area contributed by atoms with Crippen LogP contribution in [0.5, 0.6) is 0 Å². The van der Waals surface area contributed by atoms with E-state index in [4.69, 9.17) is 14.3 Å². The summed E-state index contributed by atoms with van der Waals surface area (Å²) >= 11 is 0. The van der Waals surface area contributed by atoms with E-state index in [9.17, 15) is 0 Å². The molecule has 0 radical (unpaired) electrons. The third kappa shape index (κ3) is 2.89. The van der Waals surface area contributed by atoms with Crippen molar-refractivity contribution >= 4 is 0 Å². The van der Waals surface area contributed by atoms with E-state index in [1.54, 1.807) is 0 Å². The molecule has 2 aliphatic rings. The molecule has 0 aliphatic heterocycles. The van der Waals surface area contributed by atoms with Gasteiger partial charge in [0.2, 0.25) is 0 Å². The first-order chi connectivity index (χ1) is 10.3. The Hall–Kier alpha value is -0.840. The molecule has 1 aromatic rings. The van der Waals surface area contributed by atoms with Gasteiger partial charge in [0, 0.05) is 18.1 Å². The van der Waals surface area contributed by atoms with Crippen molar-refractivity contribution in [1.82, 2.24) is 5.32 Å². The van der Waals surface area contributed by atoms with Crippen molar-refractivity contribution < 1.29 is 14.3 Å². The zero-order chi connectivity index (χ0) is 14.7. The molecule has 118 valence electrons. The molecular weight excluding hydrogens is 266 g/mol. The molecule has 21 heavy (non-hydrogen) atoms. The number of furan rings is 1. The molecule has 1 heterocycles. The highest BCUT2D eigenvalue weighted by atomic mass is 16.5. The Kier molecular flexibility index (Phi) is 4.67. The number of rotatable bonds is 6. The fraction of sp³-hybridized carbons (Fsp3) is 0.765. The molecule has 0 amide bonds. The molecule has 1 aromatic heterocycles. The monoisotopic (exact) mass is 293 g/mol. The van der Waals surface area contributed by atoms with Gasteiger partial charge in [0.25, 0.3) is 0 Å². The second-order valence-electron chi connectivity index (χ2n) is 6.43. The quantitative estimate of drug-likeness (QED) is 0.846. The Balaban J connectivity index is 1.59. The summed E-state index contributed by atoms with van der Waals surface area (Å²) in [6.45, 7) is 3.62. The fourth-order valence-electron chi connectivity index (χ4n) is 4.18. The van der Waals surface area contributed by atoms with Crippen LogP contribution in [0.3, 0.4) is 0 Å². The number of ether oxygens (including phenoxy) is 1. The van der Waals surface area contributed by atoms with Crippen LogP contribution in [0.15, 0.2) is 16.5 Å². The standard InChI is InChI=1S/C17H27NO3/c1-2-20-16-10-15(17(16)8-4-3-5-9-17)18-11-13-6-7-14(12-19)21-13/h6-7,15-16,18-19H,2-5,8-12H2,1H3/t15-,16+/m1/s1. The van der Waals surface area contributed by atoms with Gasteiger partial charge in [-0.05, 0) is 38.3 Å². The maximum Gasteiger partial charge on any atom is 0.129 e. The molecule has 2 aliphatic carbocycles. The molecule has 1 spiro atoms. The third-order valence-corrected chi connectivity index (χ3v) is 5.33. The first kappa shape index (κ1) is 15.1. The Morgan fingerprint density at radius 2 is 2.05 bits per heavy atom. The molecule has 4 heteroatoms. The Labute approximate surface area is 126 Å². The van der Waals surface area contributed by atoms with Crippen molar-refractivity contribution in [1.29, 1.82) is 0 Å². The zero-order valence-electron chi connectivity index (χ0n) is 12.9. The first-order valence-corrected chi connectivity index (χ1v) is 8.32. The van der Waals surface area contributed by atoms with E-state index in [2.05, 4.69) is 12.2 Å². The lowest BCUT2D eigenvalue weighted by molar-refractivity contribution is -0.150. The summed E-state index contributed by atoms with van der Waals surface area (Å²) in [6.07, 6.45) is 8.15. The maximum atomic E-state index is 9.05. The summed E-state index contributed by atoms with van der Waals surface area (Å²) in [7, 11) is 0. The Bertz CT molecular complexity index is 451. The van der Waals surface area contributed by atoms with Gasteiger partial charge in [-0.15, -0.1) is 0 Å². The van der Waals surface area contributed by atoms with Crippen LogP contribution in [-0.4, -0.2) is 23.9 Å². The second-order valence-corrected chi connectivity index (χ2v) is 6.43. The highest BCUT2D eigenvalue weighted by Gasteiger charge is 2.55. The van der Waals surface area contributed by atoms with Gasteiger partial charge < -0.3 is 19.6 Å². The topological polar surface area (TPSA) is 54.6 Å². The van der Waals surface area contributed by atoms with Gasteiger partial charge in [-0.1, -0.05) is 19.3 Å². The molecule has 4 nitrogen and oxygen atoms in total. The van der Waals surface area contributed by atoms with Crippen molar-refractivity contribution in [3.8, 4) is 0 Å². The summed E-state index contributed by atoms with van der Waals surface area (Å²) in [6, 6.07) is 4.33. The average Bonchev–Trinajstić information content (AvgIpc) is 2.99. The van der Waals surface area contributed by atoms with E-state index in [1.165, 1.54) is 32.1 Å². The molecule has 2 atom stereocenters. The van der Waals surface area contributed by atoms with Crippen molar-refractivity contribution in [3.05, 3.63) is 23.7 Å². The van der Waals surface area contributed by atoms with Crippen LogP contribution >= 0.6 is 0 Å². The Morgan fingerprint density at radius 1 is 1.29 bits per heavy atom. The molecule has 2 saturated carbocycles. The van der Waals surface area contributed by atoms with E-state index in [0.717, 1.165) is 25.3 Å². The van der Waals surface area contributed by atoms with Gasteiger partial charge in [0.1, 0.15) is 18.1 Å². The van der Waals surface area contributed by atoms with E-state index < -0.39 is 0 Å². The predicted octanol–water partition coefficient (Wildman–Crippen LogP) is 2.99. The van der Waals surface area contributed by atoms with Crippen LogP contribution < -0.4 is 5.32 Å². The van der Waals surface area contributed by atoms with E-state index in [1.807, 2.05) is 12.1 Å². The number of nitrogens with one attached hydrogen (secondary N) is 1. The lowest BCUT2D eigenvalue weighted by Gasteiger charge is -2.58. The molecule has 0 unspecified atom stereocenters. The average molecular weight is 293 g/mol. The number of hydrogen-bond donors (Lipinski definition) is 2. The maximum absolute atomic E-state index is 9.05. The molecule has 0 bridgehead atoms. The molecular formula is C17H27NO3. The number of aliphatic hydroxyl groups excluding tert-OH is 1. The van der Waals surface area contributed by atoms with E-state index in [-0.39, 0.29) is 6.61 Å². The number of aliphatic hydroxyl groups is 1. The minimum Gasteiger partial charge on any atom is -0.462 e. The predicted molar refractivity (Wildman–Crippen MR) is 80.8 cm³/mol. The second kappa shape index (κ2) is 6.51. The van der Waals surface area contributed by atoms with Crippen LogP contribution in [0.25, 0.3) is 0 Å².